The summed E-state index contributed by atoms with van der Waals surface area (Å²) in [6.45, 7) is 0. The lowest BCUT2D eigenvalue weighted by atomic mass is 10.1. The lowest BCUT2D eigenvalue weighted by Gasteiger charge is -1.99. The van der Waals surface area contributed by atoms with Gasteiger partial charge in [0.15, 0.2) is 0 Å². The van der Waals surface area contributed by atoms with Gasteiger partial charge in [0.1, 0.15) is 15.8 Å². The van der Waals surface area contributed by atoms with Crippen LogP contribution in [-0.4, -0.2) is 16.1 Å². The van der Waals surface area contributed by atoms with Crippen molar-refractivity contribution in [3.8, 4) is 11.3 Å². The highest BCUT2D eigenvalue weighted by Crippen LogP contribution is 2.29. The number of nitrogens with one attached hydrogen (secondary N) is 1. The van der Waals surface area contributed by atoms with E-state index in [9.17, 15) is 9.59 Å². The first-order valence-electron chi connectivity index (χ1n) is 6.28. The fourth-order valence-electron chi connectivity index (χ4n) is 1.96. The number of hydrogen-bond donors (Lipinski definition) is 2. The van der Waals surface area contributed by atoms with Gasteiger partial charge in [-0.2, -0.15) is 0 Å². The molecule has 3 rings (SSSR count). The molecule has 0 spiro atoms. The average Bonchev–Trinajstić information content (AvgIpc) is 3.06. The Morgan fingerprint density at radius 2 is 2.14 bits per heavy atom. The summed E-state index contributed by atoms with van der Waals surface area (Å²) < 4.78 is 6.11. The van der Waals surface area contributed by atoms with Crippen molar-refractivity contribution in [3.05, 3.63) is 52.6 Å². The van der Waals surface area contributed by atoms with Gasteiger partial charge in [0, 0.05) is 17.2 Å². The highest BCUT2D eigenvalue weighted by molar-refractivity contribution is 8.26. The minimum atomic E-state index is -0.497. The summed E-state index contributed by atoms with van der Waals surface area (Å²) >= 11 is 6.12. The van der Waals surface area contributed by atoms with Gasteiger partial charge in [-0.15, -0.1) is 0 Å². The molecule has 1 aliphatic heterocycles. The number of rotatable bonds is 3. The van der Waals surface area contributed by atoms with E-state index in [1.807, 2.05) is 6.07 Å². The maximum absolute atomic E-state index is 11.6. The van der Waals surface area contributed by atoms with Crippen LogP contribution in [0.2, 0.25) is 0 Å². The number of amides is 2. The van der Waals surface area contributed by atoms with Gasteiger partial charge in [0.2, 0.25) is 5.91 Å². The van der Waals surface area contributed by atoms with Gasteiger partial charge in [-0.3, -0.25) is 9.59 Å². The molecule has 0 radical (unpaired) electrons. The van der Waals surface area contributed by atoms with Crippen LogP contribution >= 0.6 is 24.0 Å². The fraction of sp³-hybridized carbons (Fsp3) is 0. The molecular weight excluding hydrogens is 320 g/mol. The lowest BCUT2D eigenvalue weighted by Crippen LogP contribution is -2.17. The van der Waals surface area contributed by atoms with Gasteiger partial charge in [-0.1, -0.05) is 36.1 Å². The molecule has 0 saturated carbocycles. The van der Waals surface area contributed by atoms with Gasteiger partial charge >= 0.3 is 0 Å². The van der Waals surface area contributed by atoms with Crippen LogP contribution in [0.4, 0.5) is 0 Å². The average molecular weight is 330 g/mol. The van der Waals surface area contributed by atoms with Crippen molar-refractivity contribution in [2.75, 3.05) is 0 Å². The topological polar surface area (TPSA) is 85.3 Å². The molecule has 1 aliphatic rings. The third-order valence-electron chi connectivity index (χ3n) is 2.97. The zero-order valence-corrected chi connectivity index (χ0v) is 12.8. The van der Waals surface area contributed by atoms with Crippen LogP contribution in [0.15, 0.2) is 45.7 Å². The Balaban J connectivity index is 1.90. The Morgan fingerprint density at radius 3 is 2.82 bits per heavy atom. The third-order valence-corrected chi connectivity index (χ3v) is 4.14. The molecule has 0 atom stereocenters. The van der Waals surface area contributed by atoms with E-state index in [0.29, 0.717) is 26.3 Å². The van der Waals surface area contributed by atoms with E-state index in [0.717, 1.165) is 5.56 Å². The smallest absolute Gasteiger partial charge is 0.263 e. The number of thioether (sulfide) groups is 1. The highest BCUT2D eigenvalue weighted by Gasteiger charge is 2.22. The number of carbonyl (C=O) groups excluding carboxylic acids is 2. The largest absolute Gasteiger partial charge is 0.457 e. The van der Waals surface area contributed by atoms with Gasteiger partial charge < -0.3 is 15.5 Å². The Morgan fingerprint density at radius 1 is 1.32 bits per heavy atom. The van der Waals surface area contributed by atoms with Crippen LogP contribution in [0.25, 0.3) is 17.4 Å². The number of carbonyl (C=O) groups is 2. The third kappa shape index (κ3) is 2.95. The molecule has 2 heterocycles. The monoisotopic (exact) mass is 330 g/mol. The van der Waals surface area contributed by atoms with Crippen LogP contribution < -0.4 is 11.1 Å². The molecule has 5 nitrogen and oxygen atoms in total. The zero-order valence-electron chi connectivity index (χ0n) is 11.2. The minimum Gasteiger partial charge on any atom is -0.457 e. The van der Waals surface area contributed by atoms with E-state index >= 15 is 0 Å². The first-order valence-corrected chi connectivity index (χ1v) is 7.50. The Labute approximate surface area is 135 Å². The molecule has 1 fully saturated rings. The number of thiocarbonyl (C=S) groups is 1. The molecule has 0 bridgehead atoms. The predicted molar refractivity (Wildman–Crippen MR) is 89.0 cm³/mol. The standard InChI is InChI=1S/C15H10N2O3S2/c16-13(18)9-3-1-2-8(6-9)11-5-4-10(20-11)7-12-14(19)17-15(21)22-12/h1-7H,(H2,16,18)(H,17,19,21)/b12-7+. The van der Waals surface area contributed by atoms with Crippen LogP contribution in [0, 0.1) is 0 Å². The number of nitrogens with two attached hydrogens (primary N) is 1. The fourth-order valence-corrected chi connectivity index (χ4v) is 2.99. The quantitative estimate of drug-likeness (QED) is 0.667. The summed E-state index contributed by atoms with van der Waals surface area (Å²) in [5.74, 6) is 0.384. The summed E-state index contributed by atoms with van der Waals surface area (Å²) in [6, 6.07) is 10.3. The highest BCUT2D eigenvalue weighted by atomic mass is 32.2. The van der Waals surface area contributed by atoms with E-state index in [2.05, 4.69) is 5.32 Å². The van der Waals surface area contributed by atoms with Crippen LogP contribution in [-0.2, 0) is 4.79 Å². The summed E-state index contributed by atoms with van der Waals surface area (Å²) in [5, 5.41) is 2.54. The molecule has 2 amide bonds. The van der Waals surface area contributed by atoms with Crippen molar-refractivity contribution >= 4 is 46.2 Å². The van der Waals surface area contributed by atoms with Crippen molar-refractivity contribution in [3.63, 3.8) is 0 Å². The van der Waals surface area contributed by atoms with Crippen LogP contribution in [0.1, 0.15) is 16.1 Å². The number of primary amides is 1. The Bertz CT molecular complexity index is 824. The molecule has 3 N–H and O–H groups in total. The molecule has 7 heteroatoms. The van der Waals surface area contributed by atoms with E-state index in [1.54, 1.807) is 36.4 Å². The van der Waals surface area contributed by atoms with Gasteiger partial charge in [0.25, 0.3) is 5.91 Å². The molecule has 110 valence electrons. The van der Waals surface area contributed by atoms with Gasteiger partial charge in [-0.25, -0.2) is 0 Å². The van der Waals surface area contributed by atoms with Gasteiger partial charge in [0.05, 0.1) is 4.91 Å². The van der Waals surface area contributed by atoms with Gasteiger partial charge in [-0.05, 0) is 24.3 Å². The van der Waals surface area contributed by atoms with Crippen molar-refractivity contribution < 1.29 is 14.0 Å². The second-order valence-electron chi connectivity index (χ2n) is 4.50. The number of benzene rings is 1. The Kier molecular flexibility index (Phi) is 3.82. The summed E-state index contributed by atoms with van der Waals surface area (Å²) in [6.07, 6.45) is 1.63. The molecule has 0 aliphatic carbocycles. The van der Waals surface area contributed by atoms with E-state index in [1.165, 1.54) is 11.8 Å². The normalized spacial score (nSPS) is 16.1. The molecule has 22 heavy (non-hydrogen) atoms. The first kappa shape index (κ1) is 14.6. The van der Waals surface area contributed by atoms with Crippen molar-refractivity contribution in [2.24, 2.45) is 5.73 Å². The van der Waals surface area contributed by atoms with E-state index in [-0.39, 0.29) is 5.91 Å². The maximum atomic E-state index is 11.6. The van der Waals surface area contributed by atoms with Crippen molar-refractivity contribution in [1.29, 1.82) is 0 Å². The molecule has 2 aromatic rings. The molecule has 0 unspecified atom stereocenters. The maximum Gasteiger partial charge on any atom is 0.263 e. The van der Waals surface area contributed by atoms with Crippen LogP contribution in [0.3, 0.4) is 0 Å². The van der Waals surface area contributed by atoms with Crippen molar-refractivity contribution in [2.45, 2.75) is 0 Å². The van der Waals surface area contributed by atoms with E-state index < -0.39 is 5.91 Å². The molecular formula is C15H10N2O3S2. The molecule has 1 aromatic carbocycles. The summed E-state index contributed by atoms with van der Waals surface area (Å²) in [5.41, 5.74) is 6.41. The Hall–Kier alpha value is -2.38. The second kappa shape index (κ2) is 5.78. The summed E-state index contributed by atoms with van der Waals surface area (Å²) in [7, 11) is 0. The van der Waals surface area contributed by atoms with E-state index in [4.69, 9.17) is 22.4 Å². The number of hydrogen-bond acceptors (Lipinski definition) is 5. The predicted octanol–water partition coefficient (Wildman–Crippen LogP) is 2.53. The minimum absolute atomic E-state index is 0.233. The SMILES string of the molecule is NC(=O)c1cccc(-c2ccc(/C=C3/SC(=S)NC3=O)o2)c1. The summed E-state index contributed by atoms with van der Waals surface area (Å²) in [4.78, 5) is 23.3. The zero-order chi connectivity index (χ0) is 15.7. The first-order chi connectivity index (χ1) is 10.5. The van der Waals surface area contributed by atoms with Crippen LogP contribution in [0.5, 0.6) is 0 Å². The van der Waals surface area contributed by atoms with Crippen molar-refractivity contribution in [1.82, 2.24) is 5.32 Å². The molecule has 1 saturated heterocycles. The number of furan rings is 1. The second-order valence-corrected chi connectivity index (χ2v) is 6.22. The molecule has 1 aromatic heterocycles. The lowest BCUT2D eigenvalue weighted by molar-refractivity contribution is -0.115.